The van der Waals surface area contributed by atoms with E-state index in [2.05, 4.69) is 52.9 Å². The van der Waals surface area contributed by atoms with E-state index in [1.54, 1.807) is 11.3 Å². The van der Waals surface area contributed by atoms with Gasteiger partial charge in [0.2, 0.25) is 5.91 Å². The summed E-state index contributed by atoms with van der Waals surface area (Å²) in [5.41, 5.74) is 2.21. The first-order chi connectivity index (χ1) is 12.6. The number of rotatable bonds is 2. The average Bonchev–Trinajstić information content (AvgIpc) is 3.21. The molecule has 2 saturated carbocycles. The molecule has 0 radical (unpaired) electrons. The van der Waals surface area contributed by atoms with Crippen LogP contribution in [0.5, 0.6) is 0 Å². The molecule has 1 aromatic heterocycles. The highest BCUT2D eigenvalue weighted by atomic mass is 32.2. The van der Waals surface area contributed by atoms with E-state index < -0.39 is 0 Å². The Bertz CT molecular complexity index is 827. The number of aromatic nitrogens is 1. The van der Waals surface area contributed by atoms with Crippen molar-refractivity contribution in [2.45, 2.75) is 43.1 Å². The highest BCUT2D eigenvalue weighted by molar-refractivity contribution is 8.21. The Balaban J connectivity index is 1.33. The minimum Gasteiger partial charge on any atom is -0.302 e. The Morgan fingerprint density at radius 3 is 2.65 bits per heavy atom. The first-order valence-corrected chi connectivity index (χ1v) is 12.4. The van der Waals surface area contributed by atoms with Crippen molar-refractivity contribution in [2.24, 2.45) is 17.8 Å². The zero-order valence-electron chi connectivity index (χ0n) is 15.0. The lowest BCUT2D eigenvalue weighted by Gasteiger charge is -2.51. The van der Waals surface area contributed by atoms with Gasteiger partial charge in [-0.3, -0.25) is 4.79 Å². The summed E-state index contributed by atoms with van der Waals surface area (Å²) in [6, 6.07) is 6.26. The van der Waals surface area contributed by atoms with Gasteiger partial charge in [0.25, 0.3) is 0 Å². The highest BCUT2D eigenvalue weighted by Crippen LogP contribution is 2.64. The van der Waals surface area contributed by atoms with Crippen LogP contribution in [-0.4, -0.2) is 26.5 Å². The number of aryl methyl sites for hydroxylation is 1. The number of fused-ring (bicyclic) bond motifs is 1. The third-order valence-electron chi connectivity index (χ3n) is 6.26. The maximum atomic E-state index is 13.0. The molecule has 1 aromatic carbocycles. The quantitative estimate of drug-likeness (QED) is 0.713. The lowest BCUT2D eigenvalue weighted by atomic mass is 9.67. The van der Waals surface area contributed by atoms with E-state index in [0.29, 0.717) is 15.9 Å². The number of anilines is 1. The third-order valence-corrected chi connectivity index (χ3v) is 11.2. The van der Waals surface area contributed by atoms with E-state index in [4.69, 9.17) is 0 Å². The molecule has 2 atom stereocenters. The average molecular weight is 405 g/mol. The lowest BCUT2D eigenvalue weighted by molar-refractivity contribution is -0.122. The fourth-order valence-corrected chi connectivity index (χ4v) is 10.0. The van der Waals surface area contributed by atoms with E-state index in [-0.39, 0.29) is 11.8 Å². The van der Waals surface area contributed by atoms with Gasteiger partial charge < -0.3 is 5.32 Å². The van der Waals surface area contributed by atoms with Crippen molar-refractivity contribution in [1.29, 1.82) is 0 Å². The molecule has 1 N–H and O–H groups in total. The van der Waals surface area contributed by atoms with Crippen LogP contribution in [0.15, 0.2) is 18.2 Å². The zero-order valence-corrected chi connectivity index (χ0v) is 17.4. The first-order valence-electron chi connectivity index (χ1n) is 9.60. The smallest absolute Gasteiger partial charge is 0.229 e. The van der Waals surface area contributed by atoms with Gasteiger partial charge >= 0.3 is 0 Å². The van der Waals surface area contributed by atoms with E-state index in [1.807, 2.05) is 6.07 Å². The number of nitrogens with one attached hydrogen (secondary N) is 1. The van der Waals surface area contributed by atoms with Gasteiger partial charge in [-0.15, -0.1) is 23.5 Å². The molecular formula is C20H24N2OS3. The van der Waals surface area contributed by atoms with Crippen molar-refractivity contribution >= 4 is 56.1 Å². The van der Waals surface area contributed by atoms with Crippen molar-refractivity contribution in [2.75, 3.05) is 16.8 Å². The van der Waals surface area contributed by atoms with Crippen LogP contribution in [0.1, 0.15) is 37.7 Å². The molecule has 5 rings (SSSR count). The Morgan fingerprint density at radius 1 is 1.19 bits per heavy atom. The van der Waals surface area contributed by atoms with Gasteiger partial charge in [-0.2, -0.15) is 0 Å². The molecule has 3 aliphatic rings. The van der Waals surface area contributed by atoms with Crippen LogP contribution in [0.4, 0.5) is 5.13 Å². The minimum absolute atomic E-state index is 0.159. The minimum atomic E-state index is 0.159. The fourth-order valence-electron chi connectivity index (χ4n) is 5.12. The molecule has 2 bridgehead atoms. The van der Waals surface area contributed by atoms with Crippen molar-refractivity contribution in [1.82, 2.24) is 4.98 Å². The van der Waals surface area contributed by atoms with Crippen LogP contribution in [0.2, 0.25) is 0 Å². The number of thioether (sulfide) groups is 2. The molecule has 6 heteroatoms. The highest BCUT2D eigenvalue weighted by Gasteiger charge is 2.55. The fraction of sp³-hybridized carbons (Fsp3) is 0.600. The van der Waals surface area contributed by atoms with Gasteiger partial charge in [-0.05, 0) is 62.1 Å². The SMILES string of the molecule is Cc1ccc2nc(NC(=O)C3CC4CCCC(C3)C43SCCS3)sc2c1. The van der Waals surface area contributed by atoms with Gasteiger partial charge in [-0.1, -0.05) is 23.8 Å². The normalized spacial score (nSPS) is 30.0. The standard InChI is InChI=1S/C20H24N2OS3/c1-12-5-6-16-17(9-12)26-19(21-16)22-18(23)13-10-14-3-2-4-15(11-13)20(14)24-7-8-25-20/h5-6,9,13-15H,2-4,7-8,10-11H2,1H3,(H,21,22,23). The van der Waals surface area contributed by atoms with Gasteiger partial charge in [0.1, 0.15) is 0 Å². The molecule has 138 valence electrons. The molecule has 3 fully saturated rings. The lowest BCUT2D eigenvalue weighted by Crippen LogP contribution is -2.48. The summed E-state index contributed by atoms with van der Waals surface area (Å²) in [4.78, 5) is 17.6. The Hall–Kier alpha value is -0.720. The molecule has 1 saturated heterocycles. The molecule has 2 heterocycles. The summed E-state index contributed by atoms with van der Waals surface area (Å²) in [6.07, 6.45) is 6.09. The predicted octanol–water partition coefficient (Wildman–Crippen LogP) is 5.55. The number of hydrogen-bond acceptors (Lipinski definition) is 5. The van der Waals surface area contributed by atoms with Gasteiger partial charge in [0.15, 0.2) is 5.13 Å². The number of carbonyl (C=O) groups is 1. The van der Waals surface area contributed by atoms with Crippen LogP contribution in [0.3, 0.4) is 0 Å². The van der Waals surface area contributed by atoms with Gasteiger partial charge in [0.05, 0.1) is 14.3 Å². The number of nitrogens with zero attached hydrogens (tertiary/aromatic N) is 1. The van der Waals surface area contributed by atoms with Crippen LogP contribution >= 0.6 is 34.9 Å². The summed E-state index contributed by atoms with van der Waals surface area (Å²) in [5.74, 6) is 4.36. The van der Waals surface area contributed by atoms with Crippen LogP contribution in [0, 0.1) is 24.7 Å². The predicted molar refractivity (Wildman–Crippen MR) is 114 cm³/mol. The second-order valence-corrected chi connectivity index (χ2v) is 11.9. The molecule has 3 nitrogen and oxygen atoms in total. The third kappa shape index (κ3) is 2.89. The first kappa shape index (κ1) is 17.4. The van der Waals surface area contributed by atoms with Crippen LogP contribution < -0.4 is 5.32 Å². The van der Waals surface area contributed by atoms with Crippen molar-refractivity contribution in [3.63, 3.8) is 0 Å². The van der Waals surface area contributed by atoms with Crippen molar-refractivity contribution < 1.29 is 4.79 Å². The number of hydrogen-bond donors (Lipinski definition) is 1. The topological polar surface area (TPSA) is 42.0 Å². The van der Waals surface area contributed by atoms with E-state index in [9.17, 15) is 4.79 Å². The number of amides is 1. The Labute approximate surface area is 167 Å². The Kier molecular flexibility index (Phi) is 4.49. The second-order valence-electron chi connectivity index (χ2n) is 7.89. The second kappa shape index (κ2) is 6.71. The van der Waals surface area contributed by atoms with Crippen LogP contribution in [0.25, 0.3) is 10.2 Å². The van der Waals surface area contributed by atoms with Gasteiger partial charge in [-0.25, -0.2) is 4.98 Å². The molecule has 1 aliphatic heterocycles. The van der Waals surface area contributed by atoms with E-state index >= 15 is 0 Å². The molecule has 2 aliphatic carbocycles. The summed E-state index contributed by atoms with van der Waals surface area (Å²) in [5, 5.41) is 3.90. The summed E-state index contributed by atoms with van der Waals surface area (Å²) < 4.78 is 1.58. The number of thiazole rings is 1. The monoisotopic (exact) mass is 404 g/mol. The molecular weight excluding hydrogens is 380 g/mol. The van der Waals surface area contributed by atoms with Crippen molar-refractivity contribution in [3.05, 3.63) is 23.8 Å². The maximum absolute atomic E-state index is 13.0. The zero-order chi connectivity index (χ0) is 17.7. The van der Waals surface area contributed by atoms with E-state index in [0.717, 1.165) is 28.2 Å². The number of carbonyl (C=O) groups excluding carboxylic acids is 1. The number of benzene rings is 1. The molecule has 2 aromatic rings. The van der Waals surface area contributed by atoms with E-state index in [1.165, 1.54) is 36.3 Å². The molecule has 1 spiro atoms. The van der Waals surface area contributed by atoms with Crippen molar-refractivity contribution in [3.8, 4) is 0 Å². The maximum Gasteiger partial charge on any atom is 0.229 e. The molecule has 2 unspecified atom stereocenters. The van der Waals surface area contributed by atoms with Gasteiger partial charge in [0, 0.05) is 17.4 Å². The molecule has 26 heavy (non-hydrogen) atoms. The summed E-state index contributed by atoms with van der Waals surface area (Å²) in [7, 11) is 0. The summed E-state index contributed by atoms with van der Waals surface area (Å²) >= 11 is 5.99. The summed E-state index contributed by atoms with van der Waals surface area (Å²) in [6.45, 7) is 2.09. The molecule has 1 amide bonds. The Morgan fingerprint density at radius 2 is 1.92 bits per heavy atom. The van der Waals surface area contributed by atoms with Crippen LogP contribution in [-0.2, 0) is 4.79 Å². The largest absolute Gasteiger partial charge is 0.302 e.